The van der Waals surface area contributed by atoms with Gasteiger partial charge in [0.05, 0.1) is 23.8 Å². The van der Waals surface area contributed by atoms with Gasteiger partial charge in [0.25, 0.3) is 5.91 Å². The highest BCUT2D eigenvalue weighted by atomic mass is 35.5. The number of amides is 1. The molecule has 0 saturated heterocycles. The number of ether oxygens (including phenoxy) is 2. The monoisotopic (exact) mass is 337 g/mol. The third-order valence-electron chi connectivity index (χ3n) is 2.99. The SMILES string of the molecule is CCOc1ccc(C(=O)Nc2ccc(F)c(Cl)c2)c(OCC)c1. The summed E-state index contributed by atoms with van der Waals surface area (Å²) in [5.74, 6) is 0.126. The minimum absolute atomic E-state index is 0.0560. The molecule has 0 spiro atoms. The van der Waals surface area contributed by atoms with Gasteiger partial charge in [0.2, 0.25) is 0 Å². The van der Waals surface area contributed by atoms with Crippen LogP contribution in [0.5, 0.6) is 11.5 Å². The largest absolute Gasteiger partial charge is 0.494 e. The van der Waals surface area contributed by atoms with E-state index in [1.165, 1.54) is 18.2 Å². The fourth-order valence-electron chi connectivity index (χ4n) is 1.99. The minimum Gasteiger partial charge on any atom is -0.494 e. The van der Waals surface area contributed by atoms with Crippen LogP contribution in [0.25, 0.3) is 0 Å². The van der Waals surface area contributed by atoms with E-state index in [0.29, 0.717) is 36.0 Å². The van der Waals surface area contributed by atoms with Crippen LogP contribution in [0.4, 0.5) is 10.1 Å². The number of halogens is 2. The van der Waals surface area contributed by atoms with Crippen LogP contribution < -0.4 is 14.8 Å². The molecule has 0 aliphatic heterocycles. The van der Waals surface area contributed by atoms with Crippen LogP contribution in [0.3, 0.4) is 0 Å². The standard InChI is InChI=1S/C17H17ClFNO3/c1-3-22-12-6-7-13(16(10-12)23-4-2)17(21)20-11-5-8-15(19)14(18)9-11/h5-10H,3-4H2,1-2H3,(H,20,21). The molecule has 6 heteroatoms. The summed E-state index contributed by atoms with van der Waals surface area (Å²) in [4.78, 5) is 12.4. The highest BCUT2D eigenvalue weighted by Crippen LogP contribution is 2.27. The van der Waals surface area contributed by atoms with Crippen LogP contribution in [0.2, 0.25) is 5.02 Å². The molecule has 0 saturated carbocycles. The van der Waals surface area contributed by atoms with Crippen LogP contribution in [0, 0.1) is 5.82 Å². The van der Waals surface area contributed by atoms with Crippen molar-refractivity contribution < 1.29 is 18.7 Å². The summed E-state index contributed by atoms with van der Waals surface area (Å²) in [6.07, 6.45) is 0. The second kappa shape index (κ2) is 7.83. The Morgan fingerprint density at radius 1 is 1.13 bits per heavy atom. The van der Waals surface area contributed by atoms with Crippen molar-refractivity contribution in [1.82, 2.24) is 0 Å². The van der Waals surface area contributed by atoms with Gasteiger partial charge in [-0.3, -0.25) is 4.79 Å². The van der Waals surface area contributed by atoms with Gasteiger partial charge in [-0.2, -0.15) is 0 Å². The lowest BCUT2D eigenvalue weighted by molar-refractivity contribution is 0.102. The van der Waals surface area contributed by atoms with E-state index in [-0.39, 0.29) is 10.9 Å². The van der Waals surface area contributed by atoms with E-state index in [4.69, 9.17) is 21.1 Å². The summed E-state index contributed by atoms with van der Waals surface area (Å²) in [6.45, 7) is 4.64. The second-order valence-electron chi connectivity index (χ2n) is 4.61. The first-order valence-electron chi connectivity index (χ1n) is 7.21. The van der Waals surface area contributed by atoms with E-state index >= 15 is 0 Å². The van der Waals surface area contributed by atoms with E-state index in [1.54, 1.807) is 18.2 Å². The summed E-state index contributed by atoms with van der Waals surface area (Å²) in [5.41, 5.74) is 0.758. The van der Waals surface area contributed by atoms with Crippen molar-refractivity contribution in [2.45, 2.75) is 13.8 Å². The molecule has 23 heavy (non-hydrogen) atoms. The van der Waals surface area contributed by atoms with Crippen molar-refractivity contribution in [2.75, 3.05) is 18.5 Å². The molecule has 2 rings (SSSR count). The van der Waals surface area contributed by atoms with Gasteiger partial charge >= 0.3 is 0 Å². The second-order valence-corrected chi connectivity index (χ2v) is 5.01. The van der Waals surface area contributed by atoms with Gasteiger partial charge < -0.3 is 14.8 Å². The van der Waals surface area contributed by atoms with E-state index in [1.807, 2.05) is 13.8 Å². The number of anilines is 1. The zero-order chi connectivity index (χ0) is 16.8. The highest BCUT2D eigenvalue weighted by Gasteiger charge is 2.14. The van der Waals surface area contributed by atoms with Gasteiger partial charge in [0.15, 0.2) is 0 Å². The lowest BCUT2D eigenvalue weighted by atomic mass is 10.1. The molecule has 0 aliphatic rings. The highest BCUT2D eigenvalue weighted by molar-refractivity contribution is 6.31. The van der Waals surface area contributed by atoms with Gasteiger partial charge in [-0.1, -0.05) is 11.6 Å². The van der Waals surface area contributed by atoms with Crippen LogP contribution >= 0.6 is 11.6 Å². The number of carbonyl (C=O) groups excluding carboxylic acids is 1. The van der Waals surface area contributed by atoms with Gasteiger partial charge in [0.1, 0.15) is 17.3 Å². The molecule has 0 heterocycles. The smallest absolute Gasteiger partial charge is 0.259 e. The first kappa shape index (κ1) is 17.1. The molecule has 1 N–H and O–H groups in total. The van der Waals surface area contributed by atoms with E-state index in [0.717, 1.165) is 0 Å². The maximum Gasteiger partial charge on any atom is 0.259 e. The fourth-order valence-corrected chi connectivity index (χ4v) is 2.17. The van der Waals surface area contributed by atoms with E-state index in [9.17, 15) is 9.18 Å². The first-order valence-corrected chi connectivity index (χ1v) is 7.59. The number of nitrogens with one attached hydrogen (secondary N) is 1. The van der Waals surface area contributed by atoms with Crippen molar-refractivity contribution in [2.24, 2.45) is 0 Å². The molecule has 0 aromatic heterocycles. The van der Waals surface area contributed by atoms with Gasteiger partial charge in [-0.05, 0) is 44.2 Å². The Morgan fingerprint density at radius 2 is 1.87 bits per heavy atom. The molecule has 2 aromatic carbocycles. The predicted molar refractivity (Wildman–Crippen MR) is 88.1 cm³/mol. The summed E-state index contributed by atoms with van der Waals surface area (Å²) >= 11 is 5.71. The number of benzene rings is 2. The van der Waals surface area contributed by atoms with Crippen LogP contribution in [-0.2, 0) is 0 Å². The Balaban J connectivity index is 2.24. The first-order chi connectivity index (χ1) is 11.0. The number of hydrogen-bond acceptors (Lipinski definition) is 3. The zero-order valence-corrected chi connectivity index (χ0v) is 13.6. The van der Waals surface area contributed by atoms with Crippen molar-refractivity contribution >= 4 is 23.2 Å². The molecule has 2 aromatic rings. The molecule has 1 amide bonds. The molecule has 0 radical (unpaired) electrons. The summed E-state index contributed by atoms with van der Waals surface area (Å²) < 4.78 is 24.1. The summed E-state index contributed by atoms with van der Waals surface area (Å²) in [5, 5.41) is 2.61. The Morgan fingerprint density at radius 3 is 2.52 bits per heavy atom. The Bertz CT molecular complexity index is 706. The average molecular weight is 338 g/mol. The van der Waals surface area contributed by atoms with E-state index < -0.39 is 5.82 Å². The van der Waals surface area contributed by atoms with Gasteiger partial charge in [-0.15, -0.1) is 0 Å². The van der Waals surface area contributed by atoms with Crippen molar-refractivity contribution in [3.8, 4) is 11.5 Å². The van der Waals surface area contributed by atoms with Gasteiger partial charge in [0, 0.05) is 11.8 Å². The number of rotatable bonds is 6. The third-order valence-corrected chi connectivity index (χ3v) is 3.28. The van der Waals surface area contributed by atoms with Crippen LogP contribution in [0.15, 0.2) is 36.4 Å². The molecule has 0 fully saturated rings. The molecular weight excluding hydrogens is 321 g/mol. The normalized spacial score (nSPS) is 10.3. The zero-order valence-electron chi connectivity index (χ0n) is 12.9. The molecule has 0 unspecified atom stereocenters. The molecule has 4 nitrogen and oxygen atoms in total. The fraction of sp³-hybridized carbons (Fsp3) is 0.235. The molecule has 0 atom stereocenters. The molecule has 0 aliphatic carbocycles. The predicted octanol–water partition coefficient (Wildman–Crippen LogP) is 4.53. The topological polar surface area (TPSA) is 47.6 Å². The van der Waals surface area contributed by atoms with Crippen LogP contribution in [0.1, 0.15) is 24.2 Å². The minimum atomic E-state index is -0.541. The number of carbonyl (C=O) groups is 1. The number of hydrogen-bond donors (Lipinski definition) is 1. The maximum absolute atomic E-state index is 13.2. The van der Waals surface area contributed by atoms with Gasteiger partial charge in [-0.25, -0.2) is 4.39 Å². The Labute approximate surface area is 139 Å². The summed E-state index contributed by atoms with van der Waals surface area (Å²) in [6, 6.07) is 8.96. The summed E-state index contributed by atoms with van der Waals surface area (Å²) in [7, 11) is 0. The lowest BCUT2D eigenvalue weighted by Crippen LogP contribution is -2.14. The lowest BCUT2D eigenvalue weighted by Gasteiger charge is -2.13. The molecular formula is C17H17ClFNO3. The molecule has 122 valence electrons. The van der Waals surface area contributed by atoms with E-state index in [2.05, 4.69) is 5.32 Å². The Kier molecular flexibility index (Phi) is 5.82. The van der Waals surface area contributed by atoms with Crippen molar-refractivity contribution in [3.05, 3.63) is 52.8 Å². The third kappa shape index (κ3) is 4.36. The maximum atomic E-state index is 13.2. The molecule has 0 bridgehead atoms. The van der Waals surface area contributed by atoms with Crippen molar-refractivity contribution in [3.63, 3.8) is 0 Å². The Hall–Kier alpha value is -2.27. The quantitative estimate of drug-likeness (QED) is 0.842. The average Bonchev–Trinajstić information content (AvgIpc) is 2.52. The van der Waals surface area contributed by atoms with Crippen molar-refractivity contribution in [1.29, 1.82) is 0 Å². The van der Waals surface area contributed by atoms with Crippen LogP contribution in [-0.4, -0.2) is 19.1 Å².